The third-order valence-electron chi connectivity index (χ3n) is 2.80. The number of rotatable bonds is 7. The van der Waals surface area contributed by atoms with Crippen molar-refractivity contribution >= 4 is 23.6 Å². The second-order valence-corrected chi connectivity index (χ2v) is 5.59. The summed E-state index contributed by atoms with van der Waals surface area (Å²) < 4.78 is 5.59. The molecule has 0 aromatic rings. The molecule has 1 amide bonds. The second kappa shape index (κ2) is 8.37. The van der Waals surface area contributed by atoms with Crippen molar-refractivity contribution in [3.63, 3.8) is 0 Å². The molecule has 2 N–H and O–H groups in total. The summed E-state index contributed by atoms with van der Waals surface area (Å²) in [7, 11) is 0. The van der Waals surface area contributed by atoms with Crippen LogP contribution in [0.2, 0.25) is 0 Å². The van der Waals surface area contributed by atoms with Crippen molar-refractivity contribution in [3.05, 3.63) is 0 Å². The number of thioether (sulfide) groups is 1. The van der Waals surface area contributed by atoms with Crippen LogP contribution < -0.4 is 5.32 Å². The first kappa shape index (κ1) is 15.3. The molecular formula is C12H21NO4S. The quantitative estimate of drug-likeness (QED) is 0.684. The van der Waals surface area contributed by atoms with Gasteiger partial charge >= 0.3 is 5.97 Å². The van der Waals surface area contributed by atoms with E-state index in [1.165, 1.54) is 13.3 Å². The molecule has 1 rings (SSSR count). The Balaban J connectivity index is 2.13. The summed E-state index contributed by atoms with van der Waals surface area (Å²) in [6, 6.07) is -0.776. The van der Waals surface area contributed by atoms with Crippen molar-refractivity contribution < 1.29 is 19.4 Å². The Labute approximate surface area is 112 Å². The first-order valence-corrected chi connectivity index (χ1v) is 7.44. The van der Waals surface area contributed by atoms with E-state index in [1.807, 2.05) is 0 Å². The van der Waals surface area contributed by atoms with E-state index < -0.39 is 12.0 Å². The SMILES string of the molecule is CC(=O)NC(CCSCC1CCCCO1)C(=O)O. The lowest BCUT2D eigenvalue weighted by Gasteiger charge is -2.22. The van der Waals surface area contributed by atoms with Crippen LogP contribution in [0.3, 0.4) is 0 Å². The molecule has 0 aromatic heterocycles. The minimum atomic E-state index is -0.972. The van der Waals surface area contributed by atoms with Crippen molar-refractivity contribution in [2.45, 2.75) is 44.8 Å². The predicted octanol–water partition coefficient (Wildman–Crippen LogP) is 1.27. The maximum Gasteiger partial charge on any atom is 0.326 e. The lowest BCUT2D eigenvalue weighted by Crippen LogP contribution is -2.40. The van der Waals surface area contributed by atoms with Gasteiger partial charge in [-0.3, -0.25) is 4.79 Å². The first-order valence-electron chi connectivity index (χ1n) is 6.29. The van der Waals surface area contributed by atoms with Gasteiger partial charge in [-0.25, -0.2) is 4.79 Å². The normalized spacial score (nSPS) is 21.3. The molecule has 0 bridgehead atoms. The minimum Gasteiger partial charge on any atom is -0.480 e. The van der Waals surface area contributed by atoms with Gasteiger partial charge in [0.1, 0.15) is 6.04 Å². The molecule has 1 saturated heterocycles. The summed E-state index contributed by atoms with van der Waals surface area (Å²) in [5.74, 6) is 0.353. The zero-order chi connectivity index (χ0) is 13.4. The highest BCUT2D eigenvalue weighted by atomic mass is 32.2. The Morgan fingerprint density at radius 3 is 2.83 bits per heavy atom. The van der Waals surface area contributed by atoms with Crippen LogP contribution in [0.25, 0.3) is 0 Å². The largest absolute Gasteiger partial charge is 0.480 e. The molecule has 1 fully saturated rings. The fourth-order valence-electron chi connectivity index (χ4n) is 1.86. The maximum atomic E-state index is 10.9. The Kier molecular flexibility index (Phi) is 7.12. The Bertz CT molecular complexity index is 279. The van der Waals surface area contributed by atoms with Crippen molar-refractivity contribution in [3.8, 4) is 0 Å². The molecule has 1 heterocycles. The second-order valence-electron chi connectivity index (χ2n) is 4.44. The van der Waals surface area contributed by atoms with Gasteiger partial charge in [-0.15, -0.1) is 0 Å². The van der Waals surface area contributed by atoms with Crippen LogP contribution in [-0.4, -0.2) is 47.2 Å². The van der Waals surface area contributed by atoms with Crippen molar-refractivity contribution in [2.75, 3.05) is 18.1 Å². The number of carbonyl (C=O) groups is 2. The third-order valence-corrected chi connectivity index (χ3v) is 3.94. The monoisotopic (exact) mass is 275 g/mol. The van der Waals surface area contributed by atoms with E-state index in [4.69, 9.17) is 9.84 Å². The van der Waals surface area contributed by atoms with Gasteiger partial charge in [-0.05, 0) is 31.4 Å². The third kappa shape index (κ3) is 6.26. The zero-order valence-electron chi connectivity index (χ0n) is 10.7. The predicted molar refractivity (Wildman–Crippen MR) is 70.8 cm³/mol. The molecule has 5 nitrogen and oxygen atoms in total. The van der Waals surface area contributed by atoms with Crippen molar-refractivity contribution in [2.24, 2.45) is 0 Å². The average Bonchev–Trinajstić information content (AvgIpc) is 2.33. The molecule has 6 heteroatoms. The standard InChI is InChI=1S/C12H21NO4S/c1-9(14)13-11(12(15)16)5-7-18-8-10-4-2-3-6-17-10/h10-11H,2-8H2,1H3,(H,13,14)(H,15,16). The van der Waals surface area contributed by atoms with E-state index in [2.05, 4.69) is 5.32 Å². The van der Waals surface area contributed by atoms with Crippen LogP contribution in [-0.2, 0) is 14.3 Å². The fourth-order valence-corrected chi connectivity index (χ4v) is 2.95. The highest BCUT2D eigenvalue weighted by Gasteiger charge is 2.18. The summed E-state index contributed by atoms with van der Waals surface area (Å²) in [6.07, 6.45) is 4.22. The number of carbonyl (C=O) groups excluding carboxylic acids is 1. The molecule has 0 aliphatic carbocycles. The van der Waals surface area contributed by atoms with Crippen LogP contribution in [0.15, 0.2) is 0 Å². The summed E-state index contributed by atoms with van der Waals surface area (Å²) in [5, 5.41) is 11.4. The van der Waals surface area contributed by atoms with Gasteiger partial charge in [0, 0.05) is 19.3 Å². The van der Waals surface area contributed by atoms with Gasteiger partial charge in [0.15, 0.2) is 0 Å². The van der Waals surface area contributed by atoms with Crippen molar-refractivity contribution in [1.82, 2.24) is 5.32 Å². The minimum absolute atomic E-state index is 0.303. The number of aliphatic carboxylic acids is 1. The van der Waals surface area contributed by atoms with E-state index in [0.717, 1.165) is 31.0 Å². The average molecular weight is 275 g/mol. The van der Waals surface area contributed by atoms with Gasteiger partial charge in [-0.1, -0.05) is 0 Å². The van der Waals surface area contributed by atoms with E-state index in [0.29, 0.717) is 12.5 Å². The molecule has 0 spiro atoms. The van der Waals surface area contributed by atoms with Crippen LogP contribution in [0.1, 0.15) is 32.6 Å². The van der Waals surface area contributed by atoms with Gasteiger partial charge in [0.05, 0.1) is 6.10 Å². The molecule has 18 heavy (non-hydrogen) atoms. The van der Waals surface area contributed by atoms with E-state index in [9.17, 15) is 9.59 Å². The molecule has 2 atom stereocenters. The molecule has 0 saturated carbocycles. The van der Waals surface area contributed by atoms with E-state index >= 15 is 0 Å². The highest BCUT2D eigenvalue weighted by molar-refractivity contribution is 7.99. The molecular weight excluding hydrogens is 254 g/mol. The Morgan fingerprint density at radius 1 is 1.50 bits per heavy atom. The number of hydrogen-bond donors (Lipinski definition) is 2. The van der Waals surface area contributed by atoms with Crippen molar-refractivity contribution in [1.29, 1.82) is 0 Å². The lowest BCUT2D eigenvalue weighted by molar-refractivity contribution is -0.141. The van der Waals surface area contributed by atoms with Crippen LogP contribution in [0.5, 0.6) is 0 Å². The Morgan fingerprint density at radius 2 is 2.28 bits per heavy atom. The summed E-state index contributed by atoms with van der Waals surface area (Å²) in [4.78, 5) is 21.7. The summed E-state index contributed by atoms with van der Waals surface area (Å²) in [6.45, 7) is 2.17. The number of carboxylic acids is 1. The zero-order valence-corrected chi connectivity index (χ0v) is 11.5. The summed E-state index contributed by atoms with van der Waals surface area (Å²) in [5.41, 5.74) is 0. The highest BCUT2D eigenvalue weighted by Crippen LogP contribution is 2.17. The number of hydrogen-bond acceptors (Lipinski definition) is 4. The molecule has 1 aliphatic rings. The van der Waals surface area contributed by atoms with E-state index in [-0.39, 0.29) is 5.91 Å². The number of nitrogens with one attached hydrogen (secondary N) is 1. The topological polar surface area (TPSA) is 75.6 Å². The van der Waals surface area contributed by atoms with Crippen LogP contribution >= 0.6 is 11.8 Å². The van der Waals surface area contributed by atoms with Crippen LogP contribution in [0.4, 0.5) is 0 Å². The first-order chi connectivity index (χ1) is 8.59. The fraction of sp³-hybridized carbons (Fsp3) is 0.833. The smallest absolute Gasteiger partial charge is 0.326 e. The summed E-state index contributed by atoms with van der Waals surface area (Å²) >= 11 is 1.69. The number of amides is 1. The lowest BCUT2D eigenvalue weighted by atomic mass is 10.1. The molecule has 0 radical (unpaired) electrons. The van der Waals surface area contributed by atoms with E-state index in [1.54, 1.807) is 11.8 Å². The number of ether oxygens (including phenoxy) is 1. The molecule has 0 aromatic carbocycles. The number of carboxylic acid groups (broad SMARTS) is 1. The van der Waals surface area contributed by atoms with Gasteiger partial charge in [0.25, 0.3) is 0 Å². The van der Waals surface area contributed by atoms with Gasteiger partial charge in [-0.2, -0.15) is 11.8 Å². The molecule has 1 aliphatic heterocycles. The molecule has 2 unspecified atom stereocenters. The Hall–Kier alpha value is -0.750. The molecule has 104 valence electrons. The van der Waals surface area contributed by atoms with Crippen LogP contribution in [0, 0.1) is 0 Å². The van der Waals surface area contributed by atoms with Gasteiger partial charge in [0.2, 0.25) is 5.91 Å². The van der Waals surface area contributed by atoms with Gasteiger partial charge < -0.3 is 15.2 Å². The maximum absolute atomic E-state index is 10.9.